The third-order valence-electron chi connectivity index (χ3n) is 7.99. The SMILES string of the molecule is F[C@H](Cc1ccccc1)CC1CCN(CC2CN(Cc3ccc(Cl)cc3Cl)CC2c2ccsc2)CC1. The average molecular weight is 546 g/mol. The Balaban J connectivity index is 1.14. The Hall–Kier alpha value is -1.43. The minimum absolute atomic E-state index is 0.500. The number of nitrogens with zero attached hydrogens (tertiary/aromatic N) is 2. The van der Waals surface area contributed by atoms with Crippen molar-refractivity contribution in [3.63, 3.8) is 0 Å². The Labute approximate surface area is 229 Å². The van der Waals surface area contributed by atoms with E-state index in [9.17, 15) is 4.39 Å². The van der Waals surface area contributed by atoms with Gasteiger partial charge in [-0.3, -0.25) is 4.90 Å². The summed E-state index contributed by atoms with van der Waals surface area (Å²) in [4.78, 5) is 5.18. The molecule has 2 nitrogen and oxygen atoms in total. The molecule has 0 saturated carbocycles. The van der Waals surface area contributed by atoms with Crippen LogP contribution in [0.15, 0.2) is 65.4 Å². The normalized spacial score (nSPS) is 22.8. The lowest BCUT2D eigenvalue weighted by Crippen LogP contribution is -2.39. The molecular formula is C30H35Cl2FN2S. The molecule has 2 aliphatic rings. The van der Waals surface area contributed by atoms with Gasteiger partial charge in [0.2, 0.25) is 0 Å². The van der Waals surface area contributed by atoms with E-state index in [0.29, 0.717) is 35.6 Å². The molecule has 192 valence electrons. The van der Waals surface area contributed by atoms with Crippen LogP contribution >= 0.6 is 34.5 Å². The van der Waals surface area contributed by atoms with Crippen LogP contribution in [0.25, 0.3) is 0 Å². The molecule has 5 rings (SSSR count). The third kappa shape index (κ3) is 6.90. The molecular weight excluding hydrogens is 510 g/mol. The quantitative estimate of drug-likeness (QED) is 0.269. The van der Waals surface area contributed by atoms with E-state index in [0.717, 1.165) is 68.3 Å². The zero-order valence-corrected chi connectivity index (χ0v) is 23.0. The molecule has 2 unspecified atom stereocenters. The number of hydrogen-bond donors (Lipinski definition) is 0. The number of hydrogen-bond acceptors (Lipinski definition) is 3. The van der Waals surface area contributed by atoms with Crippen LogP contribution in [0.5, 0.6) is 0 Å². The Morgan fingerprint density at radius 2 is 1.78 bits per heavy atom. The fourth-order valence-corrected chi connectivity index (χ4v) is 7.27. The maximum Gasteiger partial charge on any atom is 0.104 e. The standard InChI is InChI=1S/C30H35Cl2FN2S/c31-27-7-6-24(30(32)16-27)17-35-19-26(29(20-35)25-10-13-36-21-25)18-34-11-8-23(9-12-34)15-28(33)14-22-4-2-1-3-5-22/h1-7,10,13,16,21,23,26,28-29H,8-9,11-12,14-15,17-20H2/t26?,28-,29?/m1/s1. The molecule has 3 heterocycles. The van der Waals surface area contributed by atoms with Gasteiger partial charge in [-0.2, -0.15) is 11.3 Å². The highest BCUT2D eigenvalue weighted by Crippen LogP contribution is 2.37. The largest absolute Gasteiger partial charge is 0.303 e. The van der Waals surface area contributed by atoms with Crippen molar-refractivity contribution in [1.29, 1.82) is 0 Å². The Morgan fingerprint density at radius 3 is 2.50 bits per heavy atom. The summed E-state index contributed by atoms with van der Waals surface area (Å²) in [5, 5.41) is 5.94. The molecule has 2 fully saturated rings. The van der Waals surface area contributed by atoms with Crippen molar-refractivity contribution < 1.29 is 4.39 Å². The van der Waals surface area contributed by atoms with E-state index < -0.39 is 6.17 Å². The van der Waals surface area contributed by atoms with Gasteiger partial charge in [0.1, 0.15) is 6.17 Å². The lowest BCUT2D eigenvalue weighted by molar-refractivity contribution is 0.135. The first-order valence-electron chi connectivity index (χ1n) is 13.1. The van der Waals surface area contributed by atoms with Crippen LogP contribution < -0.4 is 0 Å². The monoisotopic (exact) mass is 544 g/mol. The van der Waals surface area contributed by atoms with Gasteiger partial charge in [0, 0.05) is 48.6 Å². The van der Waals surface area contributed by atoms with Crippen molar-refractivity contribution in [2.75, 3.05) is 32.7 Å². The number of benzene rings is 2. The second-order valence-electron chi connectivity index (χ2n) is 10.6. The Bertz CT molecular complexity index is 1090. The number of rotatable bonds is 9. The predicted molar refractivity (Wildman–Crippen MR) is 151 cm³/mol. The lowest BCUT2D eigenvalue weighted by Gasteiger charge is -2.35. The van der Waals surface area contributed by atoms with E-state index in [1.165, 1.54) is 5.56 Å². The van der Waals surface area contributed by atoms with E-state index >= 15 is 0 Å². The van der Waals surface area contributed by atoms with Crippen molar-refractivity contribution >= 4 is 34.5 Å². The lowest BCUT2D eigenvalue weighted by atomic mass is 9.87. The molecule has 1 aromatic heterocycles. The first-order valence-corrected chi connectivity index (χ1v) is 14.8. The first kappa shape index (κ1) is 26.2. The van der Waals surface area contributed by atoms with E-state index in [4.69, 9.17) is 23.2 Å². The molecule has 0 N–H and O–H groups in total. The average Bonchev–Trinajstić information content (AvgIpc) is 3.53. The van der Waals surface area contributed by atoms with Gasteiger partial charge in [-0.25, -0.2) is 4.39 Å². The second kappa shape index (κ2) is 12.4. The van der Waals surface area contributed by atoms with Crippen LogP contribution in [0.1, 0.15) is 41.9 Å². The summed E-state index contributed by atoms with van der Waals surface area (Å²) < 4.78 is 14.7. The molecule has 2 aliphatic heterocycles. The molecule has 0 spiro atoms. The predicted octanol–water partition coefficient (Wildman–Crippen LogP) is 7.95. The van der Waals surface area contributed by atoms with E-state index in [-0.39, 0.29) is 0 Å². The van der Waals surface area contributed by atoms with Gasteiger partial charge in [-0.05, 0) is 89.8 Å². The number of piperidine rings is 1. The van der Waals surface area contributed by atoms with Crippen LogP contribution in [0.4, 0.5) is 4.39 Å². The smallest absolute Gasteiger partial charge is 0.104 e. The van der Waals surface area contributed by atoms with E-state index in [1.807, 2.05) is 42.5 Å². The van der Waals surface area contributed by atoms with Crippen LogP contribution in [-0.4, -0.2) is 48.7 Å². The van der Waals surface area contributed by atoms with Crippen LogP contribution in [0.2, 0.25) is 10.0 Å². The van der Waals surface area contributed by atoms with Gasteiger partial charge in [-0.1, -0.05) is 59.6 Å². The molecule has 6 heteroatoms. The zero-order chi connectivity index (χ0) is 24.9. The number of halogens is 3. The van der Waals surface area contributed by atoms with Gasteiger partial charge >= 0.3 is 0 Å². The number of likely N-dealkylation sites (tertiary alicyclic amines) is 2. The number of thiophene rings is 1. The van der Waals surface area contributed by atoms with Crippen molar-refractivity contribution in [1.82, 2.24) is 9.80 Å². The summed E-state index contributed by atoms with van der Waals surface area (Å²) >= 11 is 14.4. The van der Waals surface area contributed by atoms with Gasteiger partial charge in [0.05, 0.1) is 0 Å². The van der Waals surface area contributed by atoms with Gasteiger partial charge in [0.15, 0.2) is 0 Å². The fraction of sp³-hybridized carbons (Fsp3) is 0.467. The minimum Gasteiger partial charge on any atom is -0.303 e. The first-order chi connectivity index (χ1) is 17.5. The second-order valence-corrected chi connectivity index (χ2v) is 12.2. The van der Waals surface area contributed by atoms with Crippen LogP contribution in [-0.2, 0) is 13.0 Å². The van der Waals surface area contributed by atoms with Gasteiger partial charge in [0.25, 0.3) is 0 Å². The highest BCUT2D eigenvalue weighted by Gasteiger charge is 2.36. The molecule has 3 atom stereocenters. The van der Waals surface area contributed by atoms with Crippen molar-refractivity contribution in [2.24, 2.45) is 11.8 Å². The summed E-state index contributed by atoms with van der Waals surface area (Å²) in [5.41, 5.74) is 3.71. The molecule has 0 radical (unpaired) electrons. The number of alkyl halides is 1. The topological polar surface area (TPSA) is 6.48 Å². The summed E-state index contributed by atoms with van der Waals surface area (Å²) in [7, 11) is 0. The maximum absolute atomic E-state index is 14.7. The van der Waals surface area contributed by atoms with Crippen molar-refractivity contribution in [2.45, 2.75) is 44.3 Å². The summed E-state index contributed by atoms with van der Waals surface area (Å²) in [5.74, 6) is 1.63. The molecule has 0 bridgehead atoms. The summed E-state index contributed by atoms with van der Waals surface area (Å²) in [6.07, 6.45) is 2.71. The van der Waals surface area contributed by atoms with E-state index in [2.05, 4.69) is 32.7 Å². The Kier molecular flexibility index (Phi) is 9.03. The highest BCUT2D eigenvalue weighted by atomic mass is 35.5. The highest BCUT2D eigenvalue weighted by molar-refractivity contribution is 7.08. The van der Waals surface area contributed by atoms with E-state index in [1.54, 1.807) is 11.3 Å². The molecule has 0 aliphatic carbocycles. The van der Waals surface area contributed by atoms with Crippen molar-refractivity contribution in [3.8, 4) is 0 Å². The van der Waals surface area contributed by atoms with Crippen LogP contribution in [0, 0.1) is 11.8 Å². The minimum atomic E-state index is -0.741. The van der Waals surface area contributed by atoms with Crippen molar-refractivity contribution in [3.05, 3.63) is 92.1 Å². The fourth-order valence-electron chi connectivity index (χ4n) is 6.08. The molecule has 0 amide bonds. The molecule has 2 saturated heterocycles. The third-order valence-corrected chi connectivity index (χ3v) is 9.27. The van der Waals surface area contributed by atoms with Gasteiger partial charge < -0.3 is 4.90 Å². The molecule has 36 heavy (non-hydrogen) atoms. The van der Waals surface area contributed by atoms with Crippen LogP contribution in [0.3, 0.4) is 0 Å². The molecule has 3 aromatic rings. The summed E-state index contributed by atoms with van der Waals surface area (Å²) in [6.45, 7) is 6.26. The Morgan fingerprint density at radius 1 is 0.972 bits per heavy atom. The zero-order valence-electron chi connectivity index (χ0n) is 20.7. The summed E-state index contributed by atoms with van der Waals surface area (Å²) in [6, 6.07) is 18.2. The molecule has 2 aromatic carbocycles. The van der Waals surface area contributed by atoms with Gasteiger partial charge in [-0.15, -0.1) is 0 Å². The maximum atomic E-state index is 14.7.